The van der Waals surface area contributed by atoms with Crippen LogP contribution in [0.3, 0.4) is 0 Å². The lowest BCUT2D eigenvalue weighted by atomic mass is 10.1. The first kappa shape index (κ1) is 23.1. The predicted octanol–water partition coefficient (Wildman–Crippen LogP) is 4.11. The fourth-order valence-electron chi connectivity index (χ4n) is 3.11. The zero-order chi connectivity index (χ0) is 23.3. The predicted molar refractivity (Wildman–Crippen MR) is 121 cm³/mol. The van der Waals surface area contributed by atoms with Gasteiger partial charge in [-0.25, -0.2) is 4.79 Å². The number of aromatic hydroxyl groups is 1. The summed E-state index contributed by atoms with van der Waals surface area (Å²) in [7, 11) is 0. The highest BCUT2D eigenvalue weighted by Gasteiger charge is 2.34. The van der Waals surface area contributed by atoms with Crippen molar-refractivity contribution in [3.63, 3.8) is 0 Å². The number of hydrogen-bond acceptors (Lipinski definition) is 6. The number of aromatic carboxylic acids is 1. The monoisotopic (exact) mass is 454 g/mol. The lowest BCUT2D eigenvalue weighted by molar-refractivity contribution is -0.123. The third-order valence-corrected chi connectivity index (χ3v) is 5.76. The van der Waals surface area contributed by atoms with E-state index in [1.165, 1.54) is 17.7 Å². The summed E-state index contributed by atoms with van der Waals surface area (Å²) in [6.07, 6.45) is 2.91. The van der Waals surface area contributed by atoms with Gasteiger partial charge < -0.3 is 15.5 Å². The molecule has 1 aliphatic rings. The van der Waals surface area contributed by atoms with Gasteiger partial charge in [0.05, 0.1) is 4.91 Å². The van der Waals surface area contributed by atoms with Crippen LogP contribution in [0.4, 0.5) is 10.5 Å². The smallest absolute Gasteiger partial charge is 0.339 e. The molecule has 32 heavy (non-hydrogen) atoms. The Morgan fingerprint density at radius 3 is 2.47 bits per heavy atom. The maximum atomic E-state index is 12.6. The number of phenols is 1. The summed E-state index contributed by atoms with van der Waals surface area (Å²) < 4.78 is 0. The first-order valence-corrected chi connectivity index (χ1v) is 10.8. The minimum atomic E-state index is -1.27. The summed E-state index contributed by atoms with van der Waals surface area (Å²) >= 11 is 0.876. The van der Waals surface area contributed by atoms with E-state index in [9.17, 15) is 24.3 Å². The molecule has 9 heteroatoms. The van der Waals surface area contributed by atoms with Gasteiger partial charge in [0.2, 0.25) is 5.91 Å². The molecule has 3 N–H and O–H groups in total. The summed E-state index contributed by atoms with van der Waals surface area (Å²) in [6.45, 7) is 2.16. The summed E-state index contributed by atoms with van der Waals surface area (Å²) in [5, 5.41) is 20.8. The third-order valence-electron chi connectivity index (χ3n) is 4.86. The number of anilines is 1. The van der Waals surface area contributed by atoms with Gasteiger partial charge in [0.25, 0.3) is 11.1 Å². The molecule has 0 spiro atoms. The molecule has 3 rings (SSSR count). The molecule has 3 amide bonds. The van der Waals surface area contributed by atoms with E-state index in [0.717, 1.165) is 34.7 Å². The molecule has 1 saturated heterocycles. The first-order valence-electron chi connectivity index (χ1n) is 9.99. The van der Waals surface area contributed by atoms with E-state index in [1.807, 2.05) is 24.3 Å². The molecule has 1 fully saturated rings. The molecule has 1 heterocycles. The number of carboxylic acid groups (broad SMARTS) is 1. The van der Waals surface area contributed by atoms with E-state index in [0.29, 0.717) is 4.91 Å². The lowest BCUT2D eigenvalue weighted by Gasteiger charge is -2.12. The van der Waals surface area contributed by atoms with E-state index in [-0.39, 0.29) is 47.7 Å². The molecule has 0 saturated carbocycles. The molecule has 8 nitrogen and oxygen atoms in total. The Morgan fingerprint density at radius 1 is 1.12 bits per heavy atom. The molecule has 0 atom stereocenters. The number of nitrogens with one attached hydrogen (secondary N) is 1. The highest BCUT2D eigenvalue weighted by Crippen LogP contribution is 2.32. The SMILES string of the molecule is CCc1ccc(/C=C2\SC(=O)N(CCCC(=O)Nc3ccc(C(=O)O)c(O)c3)C2=O)cc1. The van der Waals surface area contributed by atoms with Gasteiger partial charge in [-0.1, -0.05) is 31.2 Å². The number of carbonyl (C=O) groups excluding carboxylic acids is 3. The van der Waals surface area contributed by atoms with Crippen LogP contribution in [0.1, 0.15) is 41.3 Å². The van der Waals surface area contributed by atoms with Gasteiger partial charge in [-0.05, 0) is 53.9 Å². The molecule has 0 radical (unpaired) electrons. The number of hydrogen-bond donors (Lipinski definition) is 3. The second-order valence-electron chi connectivity index (χ2n) is 7.12. The fraction of sp³-hybridized carbons (Fsp3) is 0.217. The number of benzene rings is 2. The highest BCUT2D eigenvalue weighted by molar-refractivity contribution is 8.18. The maximum Gasteiger partial charge on any atom is 0.339 e. The summed E-state index contributed by atoms with van der Waals surface area (Å²) in [5.41, 5.74) is 2.00. The van der Waals surface area contributed by atoms with Crippen molar-refractivity contribution in [2.45, 2.75) is 26.2 Å². The molecule has 0 aromatic heterocycles. The van der Waals surface area contributed by atoms with Crippen molar-refractivity contribution in [3.8, 4) is 5.75 Å². The Hall–Kier alpha value is -3.59. The summed E-state index contributed by atoms with van der Waals surface area (Å²) in [5.74, 6) is -2.49. The Kier molecular flexibility index (Phi) is 7.32. The number of carboxylic acids is 1. The Bertz CT molecular complexity index is 1090. The number of imide groups is 1. The zero-order valence-corrected chi connectivity index (χ0v) is 18.1. The molecular formula is C23H22N2O6S. The number of amides is 3. The summed E-state index contributed by atoms with van der Waals surface area (Å²) in [6, 6.07) is 11.5. The molecule has 0 bridgehead atoms. The Labute approximate surface area is 188 Å². The molecule has 2 aromatic carbocycles. The van der Waals surface area contributed by atoms with E-state index in [1.54, 1.807) is 6.08 Å². The largest absolute Gasteiger partial charge is 0.507 e. The van der Waals surface area contributed by atoms with Gasteiger partial charge in [-0.2, -0.15) is 0 Å². The standard InChI is InChI=1S/C23H22N2O6S/c1-2-14-5-7-15(8-6-14)12-19-21(28)25(23(31)32-19)11-3-4-20(27)24-16-9-10-17(22(29)30)18(26)13-16/h5-10,12-13,26H,2-4,11H2,1H3,(H,24,27)(H,29,30)/b19-12-. The lowest BCUT2D eigenvalue weighted by Crippen LogP contribution is -2.29. The average molecular weight is 455 g/mol. The Balaban J connectivity index is 1.53. The van der Waals surface area contributed by atoms with Crippen LogP contribution in [-0.4, -0.2) is 44.7 Å². The Morgan fingerprint density at radius 2 is 1.84 bits per heavy atom. The van der Waals surface area contributed by atoms with Crippen molar-refractivity contribution < 1.29 is 29.4 Å². The van der Waals surface area contributed by atoms with E-state index < -0.39 is 11.7 Å². The normalized spacial score (nSPS) is 14.8. The third kappa shape index (κ3) is 5.55. The first-order chi connectivity index (χ1) is 15.3. The molecule has 0 aliphatic carbocycles. The van der Waals surface area contributed by atoms with Crippen LogP contribution < -0.4 is 5.32 Å². The minimum Gasteiger partial charge on any atom is -0.507 e. The zero-order valence-electron chi connectivity index (χ0n) is 17.3. The quantitative estimate of drug-likeness (QED) is 0.513. The van der Waals surface area contributed by atoms with E-state index in [4.69, 9.17) is 5.11 Å². The number of thioether (sulfide) groups is 1. The molecular weight excluding hydrogens is 432 g/mol. The van der Waals surface area contributed by atoms with Crippen molar-refractivity contribution in [2.24, 2.45) is 0 Å². The van der Waals surface area contributed by atoms with Gasteiger partial charge in [0, 0.05) is 24.7 Å². The fourth-order valence-corrected chi connectivity index (χ4v) is 3.97. The second kappa shape index (κ2) is 10.1. The van der Waals surface area contributed by atoms with Gasteiger partial charge in [0.1, 0.15) is 11.3 Å². The topological polar surface area (TPSA) is 124 Å². The van der Waals surface area contributed by atoms with Gasteiger partial charge in [-0.3, -0.25) is 19.3 Å². The van der Waals surface area contributed by atoms with Crippen LogP contribution in [0, 0.1) is 0 Å². The number of rotatable bonds is 8. The highest BCUT2D eigenvalue weighted by atomic mass is 32.2. The van der Waals surface area contributed by atoms with Crippen LogP contribution in [-0.2, 0) is 16.0 Å². The van der Waals surface area contributed by atoms with Crippen LogP contribution in [0.5, 0.6) is 5.75 Å². The maximum absolute atomic E-state index is 12.6. The second-order valence-corrected chi connectivity index (χ2v) is 8.11. The van der Waals surface area contributed by atoms with Crippen LogP contribution in [0.15, 0.2) is 47.4 Å². The van der Waals surface area contributed by atoms with Crippen LogP contribution >= 0.6 is 11.8 Å². The van der Waals surface area contributed by atoms with Gasteiger partial charge in [0.15, 0.2) is 0 Å². The van der Waals surface area contributed by atoms with Crippen molar-refractivity contribution >= 4 is 46.5 Å². The molecule has 2 aromatic rings. The van der Waals surface area contributed by atoms with Crippen molar-refractivity contribution in [3.05, 3.63) is 64.1 Å². The molecule has 166 valence electrons. The van der Waals surface area contributed by atoms with Gasteiger partial charge >= 0.3 is 5.97 Å². The van der Waals surface area contributed by atoms with Crippen LogP contribution in [0.2, 0.25) is 0 Å². The molecule has 0 unspecified atom stereocenters. The number of aryl methyl sites for hydroxylation is 1. The summed E-state index contributed by atoms with van der Waals surface area (Å²) in [4.78, 5) is 49.3. The van der Waals surface area contributed by atoms with Crippen molar-refractivity contribution in [2.75, 3.05) is 11.9 Å². The minimum absolute atomic E-state index is 0.0424. The van der Waals surface area contributed by atoms with E-state index >= 15 is 0 Å². The van der Waals surface area contributed by atoms with Crippen molar-refractivity contribution in [1.82, 2.24) is 4.90 Å². The van der Waals surface area contributed by atoms with Crippen LogP contribution in [0.25, 0.3) is 6.08 Å². The van der Waals surface area contributed by atoms with Crippen molar-refractivity contribution in [1.29, 1.82) is 0 Å². The number of nitrogens with zero attached hydrogens (tertiary/aromatic N) is 1. The molecule has 1 aliphatic heterocycles. The van der Waals surface area contributed by atoms with E-state index in [2.05, 4.69) is 12.2 Å². The average Bonchev–Trinajstić information content (AvgIpc) is 3.01. The van der Waals surface area contributed by atoms with Gasteiger partial charge in [-0.15, -0.1) is 0 Å². The number of carbonyl (C=O) groups is 4.